The Balaban J connectivity index is 1.56. The zero-order valence-corrected chi connectivity index (χ0v) is 21.4. The molecule has 0 bridgehead atoms. The second-order valence-electron chi connectivity index (χ2n) is 10.0. The summed E-state index contributed by atoms with van der Waals surface area (Å²) in [7, 11) is 0. The Hall–Kier alpha value is -4.55. The Morgan fingerprint density at radius 1 is 0.897 bits per heavy atom. The Morgan fingerprint density at radius 2 is 1.67 bits per heavy atom. The van der Waals surface area contributed by atoms with Crippen molar-refractivity contribution in [3.63, 3.8) is 0 Å². The highest BCUT2D eigenvalue weighted by Crippen LogP contribution is 2.62. The number of nitrogens with one attached hydrogen (secondary N) is 1. The molecule has 1 fully saturated rings. The van der Waals surface area contributed by atoms with Crippen LogP contribution in [0.15, 0.2) is 104 Å². The first-order valence-corrected chi connectivity index (χ1v) is 13.1. The molecule has 6 nitrogen and oxygen atoms in total. The minimum absolute atomic E-state index is 0.297. The molecule has 1 saturated heterocycles. The fourth-order valence-corrected chi connectivity index (χ4v) is 6.91. The van der Waals surface area contributed by atoms with Gasteiger partial charge < -0.3 is 10.2 Å². The molecule has 190 valence electrons. The van der Waals surface area contributed by atoms with Crippen molar-refractivity contribution in [3.05, 3.63) is 136 Å². The van der Waals surface area contributed by atoms with Gasteiger partial charge in [0.25, 0.3) is 0 Å². The number of fused-ring (bicyclic) bond motifs is 6. The fraction of sp³-hybridized carbons (Fsp3) is 0.125. The SMILES string of the molecule is O=C(c1ccccc1Cl)C1C(C(=O)c2cccnc2)C2(C(=O)Nc3ccccc32)C2c3ccccc3C=CN12. The maximum atomic E-state index is 14.6. The Kier molecular flexibility index (Phi) is 5.28. The third-order valence-corrected chi connectivity index (χ3v) is 8.54. The van der Waals surface area contributed by atoms with Crippen LogP contribution in [0.5, 0.6) is 0 Å². The van der Waals surface area contributed by atoms with Crippen molar-refractivity contribution < 1.29 is 14.4 Å². The maximum absolute atomic E-state index is 14.6. The molecule has 4 aromatic rings. The lowest BCUT2D eigenvalue weighted by molar-refractivity contribution is -0.122. The topological polar surface area (TPSA) is 79.4 Å². The molecule has 4 heterocycles. The monoisotopic (exact) mass is 531 g/mol. The number of aromatic nitrogens is 1. The summed E-state index contributed by atoms with van der Waals surface area (Å²) in [6.45, 7) is 0. The van der Waals surface area contributed by atoms with Crippen LogP contribution < -0.4 is 5.32 Å². The second-order valence-corrected chi connectivity index (χ2v) is 10.4. The van der Waals surface area contributed by atoms with Gasteiger partial charge in [0.1, 0.15) is 11.5 Å². The number of amides is 1. The molecular weight excluding hydrogens is 510 g/mol. The number of Topliss-reactive ketones (excluding diaryl/α,β-unsaturated/α-hetero) is 2. The number of anilines is 1. The van der Waals surface area contributed by atoms with E-state index in [1.165, 1.54) is 6.20 Å². The minimum Gasteiger partial charge on any atom is -0.358 e. The maximum Gasteiger partial charge on any atom is 0.238 e. The van der Waals surface area contributed by atoms with E-state index in [4.69, 9.17) is 11.6 Å². The first-order chi connectivity index (χ1) is 19.0. The summed E-state index contributed by atoms with van der Waals surface area (Å²) >= 11 is 6.53. The highest BCUT2D eigenvalue weighted by Gasteiger charge is 2.70. The van der Waals surface area contributed by atoms with Crippen LogP contribution in [0, 0.1) is 5.92 Å². The standard InChI is InChI=1S/C32H22ClN3O3/c33-24-13-5-3-11-22(24)29(38)27-26(28(37)20-9-7-16-34-18-20)32(23-12-4-6-14-25(23)35-31(32)39)30-21-10-2-1-8-19(21)15-17-36(27)30/h1-18,26-27,30H,(H,35,39). The highest BCUT2D eigenvalue weighted by molar-refractivity contribution is 6.34. The van der Waals surface area contributed by atoms with E-state index in [-0.39, 0.29) is 17.5 Å². The first kappa shape index (κ1) is 23.6. The molecule has 1 N–H and O–H groups in total. The molecule has 1 spiro atoms. The lowest BCUT2D eigenvalue weighted by Crippen LogP contribution is -2.49. The predicted molar refractivity (Wildman–Crippen MR) is 148 cm³/mol. The van der Waals surface area contributed by atoms with Crippen molar-refractivity contribution in [1.82, 2.24) is 9.88 Å². The van der Waals surface area contributed by atoms with Gasteiger partial charge in [-0.2, -0.15) is 0 Å². The van der Waals surface area contributed by atoms with Crippen molar-refractivity contribution >= 4 is 40.8 Å². The van der Waals surface area contributed by atoms with Gasteiger partial charge in [0.2, 0.25) is 5.91 Å². The third kappa shape index (κ3) is 3.21. The molecule has 3 aromatic carbocycles. The van der Waals surface area contributed by atoms with Gasteiger partial charge in [-0.05, 0) is 53.1 Å². The molecule has 7 heteroatoms. The van der Waals surface area contributed by atoms with Crippen LogP contribution in [0.4, 0.5) is 5.69 Å². The molecule has 7 rings (SSSR count). The van der Waals surface area contributed by atoms with Crippen molar-refractivity contribution in [1.29, 1.82) is 0 Å². The van der Waals surface area contributed by atoms with Crippen molar-refractivity contribution in [2.45, 2.75) is 17.5 Å². The zero-order valence-electron chi connectivity index (χ0n) is 20.6. The molecule has 1 aromatic heterocycles. The fourth-order valence-electron chi connectivity index (χ4n) is 6.68. The largest absolute Gasteiger partial charge is 0.358 e. The quantitative estimate of drug-likeness (QED) is 0.341. The second kappa shape index (κ2) is 8.75. The number of carbonyl (C=O) groups excluding carboxylic acids is 3. The zero-order chi connectivity index (χ0) is 26.7. The summed E-state index contributed by atoms with van der Waals surface area (Å²) in [5.74, 6) is -2.00. The van der Waals surface area contributed by atoms with E-state index < -0.39 is 23.4 Å². The molecule has 3 aliphatic heterocycles. The van der Waals surface area contributed by atoms with E-state index >= 15 is 0 Å². The van der Waals surface area contributed by atoms with Crippen molar-refractivity contribution in [2.24, 2.45) is 5.92 Å². The average molecular weight is 532 g/mol. The van der Waals surface area contributed by atoms with Gasteiger partial charge in [0.05, 0.1) is 17.0 Å². The van der Waals surface area contributed by atoms with Crippen LogP contribution in [0.3, 0.4) is 0 Å². The average Bonchev–Trinajstić information content (AvgIpc) is 3.45. The van der Waals surface area contributed by atoms with Gasteiger partial charge >= 0.3 is 0 Å². The number of hydrogen-bond donors (Lipinski definition) is 1. The van der Waals surface area contributed by atoms with Gasteiger partial charge in [-0.3, -0.25) is 19.4 Å². The molecule has 4 atom stereocenters. The van der Waals surface area contributed by atoms with Crippen molar-refractivity contribution in [3.8, 4) is 0 Å². The van der Waals surface area contributed by atoms with Crippen LogP contribution >= 0.6 is 11.6 Å². The van der Waals surface area contributed by atoms with Crippen molar-refractivity contribution in [2.75, 3.05) is 5.32 Å². The van der Waals surface area contributed by atoms with Crippen LogP contribution in [-0.4, -0.2) is 33.4 Å². The summed E-state index contributed by atoms with van der Waals surface area (Å²) < 4.78 is 0. The number of pyridine rings is 1. The molecular formula is C32H22ClN3O3. The summed E-state index contributed by atoms with van der Waals surface area (Å²) in [5.41, 5.74) is 2.43. The van der Waals surface area contributed by atoms with Gasteiger partial charge in [-0.1, -0.05) is 66.2 Å². The lowest BCUT2D eigenvalue weighted by atomic mass is 9.62. The number of carbonyl (C=O) groups is 3. The summed E-state index contributed by atoms with van der Waals surface area (Å²) in [6.07, 6.45) is 6.86. The Morgan fingerprint density at radius 3 is 2.49 bits per heavy atom. The number of ketones is 2. The van der Waals surface area contributed by atoms with Gasteiger partial charge in [0, 0.05) is 35.4 Å². The third-order valence-electron chi connectivity index (χ3n) is 8.21. The number of rotatable bonds is 4. The molecule has 0 aliphatic carbocycles. The molecule has 4 unspecified atom stereocenters. The van der Waals surface area contributed by atoms with E-state index in [1.54, 1.807) is 42.6 Å². The van der Waals surface area contributed by atoms with E-state index in [9.17, 15) is 14.4 Å². The van der Waals surface area contributed by atoms with Crippen LogP contribution in [0.25, 0.3) is 6.08 Å². The normalized spacial score (nSPS) is 24.2. The molecule has 0 radical (unpaired) electrons. The molecule has 0 saturated carbocycles. The predicted octanol–water partition coefficient (Wildman–Crippen LogP) is 5.72. The number of benzene rings is 3. The first-order valence-electron chi connectivity index (χ1n) is 12.7. The van der Waals surface area contributed by atoms with E-state index in [0.29, 0.717) is 27.4 Å². The van der Waals surface area contributed by atoms with Gasteiger partial charge in [-0.15, -0.1) is 0 Å². The number of halogens is 1. The van der Waals surface area contributed by atoms with Crippen LogP contribution in [0.1, 0.15) is 43.4 Å². The highest BCUT2D eigenvalue weighted by atomic mass is 35.5. The summed E-state index contributed by atoms with van der Waals surface area (Å²) in [6, 6.07) is 23.9. The van der Waals surface area contributed by atoms with E-state index in [2.05, 4.69) is 10.3 Å². The van der Waals surface area contributed by atoms with Gasteiger partial charge in [0.15, 0.2) is 11.6 Å². The molecule has 3 aliphatic rings. The van der Waals surface area contributed by atoms with Crippen LogP contribution in [-0.2, 0) is 10.2 Å². The number of hydrogen-bond acceptors (Lipinski definition) is 5. The minimum atomic E-state index is -1.38. The number of nitrogens with zero attached hydrogens (tertiary/aromatic N) is 2. The lowest BCUT2D eigenvalue weighted by Gasteiger charge is -2.38. The molecule has 39 heavy (non-hydrogen) atoms. The Bertz CT molecular complexity index is 1700. The van der Waals surface area contributed by atoms with Gasteiger partial charge in [-0.25, -0.2) is 0 Å². The number of para-hydroxylation sites is 1. The summed E-state index contributed by atoms with van der Waals surface area (Å²) in [4.78, 5) is 49.5. The van der Waals surface area contributed by atoms with E-state index in [0.717, 1.165) is 11.1 Å². The summed E-state index contributed by atoms with van der Waals surface area (Å²) in [5, 5.41) is 3.34. The smallest absolute Gasteiger partial charge is 0.238 e. The molecule has 1 amide bonds. The van der Waals surface area contributed by atoms with Crippen LogP contribution in [0.2, 0.25) is 5.02 Å². The Labute approximate surface area is 229 Å². The van der Waals surface area contributed by atoms with E-state index in [1.807, 2.05) is 65.7 Å².